The minimum atomic E-state index is -2.13. The fourth-order valence-corrected chi connectivity index (χ4v) is 39.4. The summed E-state index contributed by atoms with van der Waals surface area (Å²) in [7, 11) is 0. The Morgan fingerprint density at radius 1 is 0.464 bits per heavy atom. The van der Waals surface area contributed by atoms with Gasteiger partial charge in [-0.3, -0.25) is 0 Å². The van der Waals surface area contributed by atoms with Crippen LogP contribution in [0.2, 0.25) is 35.5 Å². The first-order chi connectivity index (χ1) is 27.5. The molecule has 3 heterocycles. The second-order valence-corrected chi connectivity index (χ2v) is 45.8. The normalized spacial score (nSPS) is 24.9. The quantitative estimate of drug-likeness (QED) is 0.0378. The van der Waals surface area contributed by atoms with Gasteiger partial charge in [-0.05, 0) is 0 Å². The Labute approximate surface area is 354 Å². The molecular weight excluding hydrogens is 914 g/mol. The van der Waals surface area contributed by atoms with E-state index in [4.69, 9.17) is 33.2 Å². The molecule has 328 valence electrons. The van der Waals surface area contributed by atoms with Gasteiger partial charge in [0, 0.05) is 0 Å². The average Bonchev–Trinajstić information content (AvgIpc) is 3.51. The van der Waals surface area contributed by atoms with Crippen LogP contribution < -0.4 is 0 Å². The van der Waals surface area contributed by atoms with Crippen molar-refractivity contribution in [3.05, 3.63) is 24.7 Å². The van der Waals surface area contributed by atoms with Gasteiger partial charge in [-0.25, -0.2) is 0 Å². The Kier molecular flexibility index (Phi) is 28.5. The van der Waals surface area contributed by atoms with E-state index in [1.54, 1.807) is 26.6 Å². The molecule has 3 aliphatic heterocycles. The van der Waals surface area contributed by atoms with E-state index in [0.717, 1.165) is 44.9 Å². The zero-order valence-electron chi connectivity index (χ0n) is 37.6. The molecule has 0 amide bonds. The van der Waals surface area contributed by atoms with Crippen LogP contribution in [-0.2, 0) is 33.2 Å². The van der Waals surface area contributed by atoms with E-state index < -0.39 is 36.8 Å². The maximum atomic E-state index is 6.62. The van der Waals surface area contributed by atoms with Crippen molar-refractivity contribution in [3.8, 4) is 0 Å². The molecule has 0 aromatic heterocycles. The molecular formula is C47H90O7Sn2. The molecule has 3 saturated heterocycles. The molecule has 56 heavy (non-hydrogen) atoms. The standard InChI is InChI=1S/C23H36O7.6C4H9.2Sn/c1-3-12-24-14-5-7-22-26-16-11-20-18(29-22)9-10-19-21(28-20)17-27-23(30-19)8-6-15-25-13-4-2;6*1-3-4-2;;/h3-4,12-13,18-23H,1-2,5-11,14-17H2;6*1,3-4H2,2H3;;/b12-3+,13-4+;;;;;;;;/t18-,19+,20+,21-,22+,23-;;;;;;;;/m1......../s1. The molecule has 6 atom stereocenters. The van der Waals surface area contributed by atoms with E-state index in [1.807, 2.05) is 12.5 Å². The SMILES string of the molecule is CCC[CH2][Sn]([CH2]/C=C/OCCC[C@@H]1OC[C@H]2O[C@H]3CCO[C@H](CCCO/C=C/[CH2][Sn]([CH2]CCC)([CH2]CCC)[CH2]CCC)O[C@@H]3CC[C@@H]2O1)([CH2]CCC)[CH2]CCC. The predicted molar refractivity (Wildman–Crippen MR) is 240 cm³/mol. The first-order valence-corrected chi connectivity index (χ1v) is 40.3. The molecule has 0 aliphatic carbocycles. The number of rotatable bonds is 32. The summed E-state index contributed by atoms with van der Waals surface area (Å²) in [5, 5.41) is 0. The first kappa shape index (κ1) is 50.8. The molecule has 0 aromatic rings. The zero-order chi connectivity index (χ0) is 40.2. The summed E-state index contributed by atoms with van der Waals surface area (Å²) in [6.07, 6.45) is 31.2. The summed E-state index contributed by atoms with van der Waals surface area (Å²) in [4.78, 5) is 0. The summed E-state index contributed by atoms with van der Waals surface area (Å²) in [5.41, 5.74) is 0. The van der Waals surface area contributed by atoms with Crippen LogP contribution in [0, 0.1) is 0 Å². The number of unbranched alkanes of at least 4 members (excludes halogenated alkanes) is 6. The van der Waals surface area contributed by atoms with Crippen molar-refractivity contribution in [3.63, 3.8) is 0 Å². The van der Waals surface area contributed by atoms with Gasteiger partial charge in [-0.2, -0.15) is 0 Å². The van der Waals surface area contributed by atoms with E-state index in [0.29, 0.717) is 26.4 Å². The molecule has 3 fully saturated rings. The van der Waals surface area contributed by atoms with Crippen LogP contribution in [0.5, 0.6) is 0 Å². The second kappa shape index (κ2) is 31.3. The average molecular weight is 1000 g/mol. The van der Waals surface area contributed by atoms with Crippen LogP contribution in [-0.4, -0.2) is 100 Å². The van der Waals surface area contributed by atoms with Crippen molar-refractivity contribution in [1.82, 2.24) is 0 Å². The zero-order valence-corrected chi connectivity index (χ0v) is 43.3. The monoisotopic (exact) mass is 1010 g/mol. The summed E-state index contributed by atoms with van der Waals surface area (Å²) in [6.45, 7) is 16.8. The van der Waals surface area contributed by atoms with Gasteiger partial charge in [-0.15, -0.1) is 0 Å². The third-order valence-corrected chi connectivity index (χ3v) is 43.5. The van der Waals surface area contributed by atoms with Gasteiger partial charge < -0.3 is 0 Å². The van der Waals surface area contributed by atoms with Crippen LogP contribution in [0.15, 0.2) is 24.7 Å². The van der Waals surface area contributed by atoms with Crippen LogP contribution in [0.1, 0.15) is 164 Å². The molecule has 9 heteroatoms. The predicted octanol–water partition coefficient (Wildman–Crippen LogP) is 13.7. The van der Waals surface area contributed by atoms with Crippen molar-refractivity contribution in [2.24, 2.45) is 0 Å². The summed E-state index contributed by atoms with van der Waals surface area (Å²) < 4.78 is 56.1. The van der Waals surface area contributed by atoms with E-state index in [9.17, 15) is 0 Å². The fourth-order valence-electron chi connectivity index (χ4n) is 9.31. The van der Waals surface area contributed by atoms with Gasteiger partial charge in [0.1, 0.15) is 0 Å². The molecule has 0 bridgehead atoms. The van der Waals surface area contributed by atoms with Gasteiger partial charge in [0.05, 0.1) is 0 Å². The first-order valence-electron chi connectivity index (χ1n) is 24.2. The Morgan fingerprint density at radius 3 is 1.29 bits per heavy atom. The molecule has 0 aromatic carbocycles. The van der Waals surface area contributed by atoms with Crippen molar-refractivity contribution in [2.45, 2.75) is 236 Å². The third-order valence-electron chi connectivity index (χ3n) is 13.0. The van der Waals surface area contributed by atoms with E-state index in [2.05, 4.69) is 53.7 Å². The Bertz CT molecular complexity index is 967. The van der Waals surface area contributed by atoms with Crippen LogP contribution >= 0.6 is 0 Å². The summed E-state index contributed by atoms with van der Waals surface area (Å²) >= 11 is -4.27. The topological polar surface area (TPSA) is 64.6 Å². The molecule has 0 radical (unpaired) electrons. The Balaban J connectivity index is 1.36. The Morgan fingerprint density at radius 2 is 0.857 bits per heavy atom. The minimum absolute atomic E-state index is 0.0205. The van der Waals surface area contributed by atoms with Crippen molar-refractivity contribution >= 4 is 36.8 Å². The fraction of sp³-hybridized carbons (Fsp3) is 0.915. The summed E-state index contributed by atoms with van der Waals surface area (Å²) in [6, 6.07) is 0. The number of fused-ring (bicyclic) bond motifs is 2. The van der Waals surface area contributed by atoms with E-state index in [1.165, 1.54) is 85.9 Å². The van der Waals surface area contributed by atoms with Crippen LogP contribution in [0.3, 0.4) is 0 Å². The molecule has 0 saturated carbocycles. The van der Waals surface area contributed by atoms with Gasteiger partial charge in [0.2, 0.25) is 0 Å². The van der Waals surface area contributed by atoms with Crippen LogP contribution in [0.4, 0.5) is 0 Å². The molecule has 0 unspecified atom stereocenters. The molecule has 3 rings (SSSR count). The summed E-state index contributed by atoms with van der Waals surface area (Å²) in [5.74, 6) is 0. The Hall–Kier alpha value is 0.477. The second-order valence-electron chi connectivity index (χ2n) is 17.8. The van der Waals surface area contributed by atoms with Crippen LogP contribution in [0.25, 0.3) is 0 Å². The van der Waals surface area contributed by atoms with Gasteiger partial charge in [0.15, 0.2) is 0 Å². The molecule has 0 spiro atoms. The number of hydrogen-bond donors (Lipinski definition) is 0. The third kappa shape index (κ3) is 19.9. The number of allylic oxidation sites excluding steroid dienone is 2. The van der Waals surface area contributed by atoms with Gasteiger partial charge in [-0.1, -0.05) is 0 Å². The maximum absolute atomic E-state index is 6.62. The molecule has 0 N–H and O–H groups in total. The van der Waals surface area contributed by atoms with E-state index >= 15 is 0 Å². The molecule has 7 nitrogen and oxygen atoms in total. The van der Waals surface area contributed by atoms with Gasteiger partial charge >= 0.3 is 357 Å². The van der Waals surface area contributed by atoms with E-state index in [-0.39, 0.29) is 37.0 Å². The van der Waals surface area contributed by atoms with Gasteiger partial charge in [0.25, 0.3) is 0 Å². The molecule has 3 aliphatic rings. The number of hydrogen-bond acceptors (Lipinski definition) is 7. The number of ether oxygens (including phenoxy) is 7. The van der Waals surface area contributed by atoms with Crippen molar-refractivity contribution in [1.29, 1.82) is 0 Å². The van der Waals surface area contributed by atoms with Crippen molar-refractivity contribution in [2.75, 3.05) is 26.4 Å². The van der Waals surface area contributed by atoms with Crippen molar-refractivity contribution < 1.29 is 33.2 Å².